The van der Waals surface area contributed by atoms with E-state index in [0.29, 0.717) is 11.4 Å². The standard InChI is InChI=1S/C26H33Cl2N3O5S/c1-4-22(26(33)29-21-7-5-6-8-21)30(16-18-9-11-19(27)12-10-18)25(32)17-31(37(3,34)35)23-15-20(28)13-14-24(23)36-2/h9-15,21-22H,4-8,16-17H2,1-3H3,(H,29,33)/t22-/m0/s1. The van der Waals surface area contributed by atoms with Crippen molar-refractivity contribution in [3.05, 3.63) is 58.1 Å². The third kappa shape index (κ3) is 7.75. The Morgan fingerprint density at radius 1 is 1.08 bits per heavy atom. The highest BCUT2D eigenvalue weighted by atomic mass is 35.5. The van der Waals surface area contributed by atoms with E-state index in [9.17, 15) is 18.0 Å². The van der Waals surface area contributed by atoms with E-state index in [2.05, 4.69) is 5.32 Å². The first kappa shape index (κ1) is 29.1. The molecule has 1 aliphatic carbocycles. The molecule has 0 radical (unpaired) electrons. The summed E-state index contributed by atoms with van der Waals surface area (Å²) < 4.78 is 32.0. The Balaban J connectivity index is 1.96. The Bertz CT molecular complexity index is 1200. The first-order valence-electron chi connectivity index (χ1n) is 12.2. The van der Waals surface area contributed by atoms with E-state index in [4.69, 9.17) is 27.9 Å². The number of benzene rings is 2. The minimum Gasteiger partial charge on any atom is -0.495 e. The highest BCUT2D eigenvalue weighted by molar-refractivity contribution is 7.92. The molecule has 0 aliphatic heterocycles. The molecule has 1 saturated carbocycles. The van der Waals surface area contributed by atoms with Crippen molar-refractivity contribution < 1.29 is 22.7 Å². The second-order valence-electron chi connectivity index (χ2n) is 9.15. The number of ether oxygens (including phenoxy) is 1. The van der Waals surface area contributed by atoms with Crippen molar-refractivity contribution in [1.29, 1.82) is 0 Å². The summed E-state index contributed by atoms with van der Waals surface area (Å²) in [6.45, 7) is 1.41. The third-order valence-electron chi connectivity index (χ3n) is 6.44. The van der Waals surface area contributed by atoms with Crippen LogP contribution in [0.3, 0.4) is 0 Å². The van der Waals surface area contributed by atoms with Gasteiger partial charge in [0.1, 0.15) is 18.3 Å². The van der Waals surface area contributed by atoms with Crippen molar-refractivity contribution in [2.24, 2.45) is 0 Å². The minimum absolute atomic E-state index is 0.0808. The minimum atomic E-state index is -3.92. The first-order chi connectivity index (χ1) is 17.5. The number of hydrogen-bond acceptors (Lipinski definition) is 5. The molecule has 8 nitrogen and oxygen atoms in total. The number of sulfonamides is 1. The number of halogens is 2. The largest absolute Gasteiger partial charge is 0.495 e. The van der Waals surface area contributed by atoms with Crippen molar-refractivity contribution in [3.8, 4) is 5.75 Å². The normalized spacial score (nSPS) is 14.7. The van der Waals surface area contributed by atoms with Crippen LogP contribution in [0.4, 0.5) is 5.69 Å². The number of carbonyl (C=O) groups is 2. The average Bonchev–Trinajstić information content (AvgIpc) is 3.35. The van der Waals surface area contributed by atoms with E-state index in [0.717, 1.165) is 41.8 Å². The molecule has 1 fully saturated rings. The van der Waals surface area contributed by atoms with Crippen LogP contribution in [0.15, 0.2) is 42.5 Å². The molecule has 0 heterocycles. The van der Waals surface area contributed by atoms with Gasteiger partial charge in [-0.05, 0) is 55.2 Å². The Morgan fingerprint density at radius 3 is 2.27 bits per heavy atom. The fourth-order valence-corrected chi connectivity index (χ4v) is 5.66. The van der Waals surface area contributed by atoms with Gasteiger partial charge in [0, 0.05) is 22.6 Å². The first-order valence-corrected chi connectivity index (χ1v) is 14.8. The maximum Gasteiger partial charge on any atom is 0.244 e. The van der Waals surface area contributed by atoms with Gasteiger partial charge in [0.05, 0.1) is 19.1 Å². The number of nitrogens with one attached hydrogen (secondary N) is 1. The summed E-state index contributed by atoms with van der Waals surface area (Å²) >= 11 is 12.2. The summed E-state index contributed by atoms with van der Waals surface area (Å²) in [5, 5.41) is 3.91. The van der Waals surface area contributed by atoms with Crippen LogP contribution in [0.2, 0.25) is 10.0 Å². The molecule has 1 N–H and O–H groups in total. The van der Waals surface area contributed by atoms with Crippen LogP contribution in [-0.2, 0) is 26.2 Å². The number of nitrogens with zero attached hydrogens (tertiary/aromatic N) is 2. The lowest BCUT2D eigenvalue weighted by molar-refractivity contribution is -0.140. The summed E-state index contributed by atoms with van der Waals surface area (Å²) in [5.74, 6) is -0.531. The predicted molar refractivity (Wildman–Crippen MR) is 147 cm³/mol. The zero-order valence-corrected chi connectivity index (χ0v) is 23.6. The Hall–Kier alpha value is -2.49. The molecule has 37 heavy (non-hydrogen) atoms. The van der Waals surface area contributed by atoms with Crippen LogP contribution in [-0.4, -0.2) is 57.1 Å². The molecule has 3 rings (SSSR count). The lowest BCUT2D eigenvalue weighted by Gasteiger charge is -2.33. The van der Waals surface area contributed by atoms with Gasteiger partial charge >= 0.3 is 0 Å². The SMILES string of the molecule is CC[C@@H](C(=O)NC1CCCC1)N(Cc1ccc(Cl)cc1)C(=O)CN(c1cc(Cl)ccc1OC)S(C)(=O)=O. The zero-order valence-electron chi connectivity index (χ0n) is 21.2. The van der Waals surface area contributed by atoms with Crippen LogP contribution in [0.5, 0.6) is 5.75 Å². The molecular formula is C26H33Cl2N3O5S. The molecule has 2 amide bonds. The van der Waals surface area contributed by atoms with Crippen molar-refractivity contribution in [2.75, 3.05) is 24.2 Å². The number of hydrogen-bond donors (Lipinski definition) is 1. The van der Waals surface area contributed by atoms with Crippen molar-refractivity contribution in [1.82, 2.24) is 10.2 Å². The molecule has 0 bridgehead atoms. The summed E-state index contributed by atoms with van der Waals surface area (Å²) in [4.78, 5) is 28.6. The molecule has 0 spiro atoms. The van der Waals surface area contributed by atoms with E-state index >= 15 is 0 Å². The average molecular weight is 571 g/mol. The quantitative estimate of drug-likeness (QED) is 0.425. The molecule has 202 valence electrons. The van der Waals surface area contributed by atoms with Gasteiger partial charge in [0.2, 0.25) is 21.8 Å². The van der Waals surface area contributed by atoms with E-state index < -0.39 is 28.5 Å². The maximum absolute atomic E-state index is 13.8. The zero-order chi connectivity index (χ0) is 27.2. The second kappa shape index (κ2) is 12.8. The number of amides is 2. The van der Waals surface area contributed by atoms with Crippen LogP contribution < -0.4 is 14.4 Å². The lowest BCUT2D eigenvalue weighted by atomic mass is 10.1. The molecule has 0 saturated heterocycles. The predicted octanol–water partition coefficient (Wildman–Crippen LogP) is 4.63. The molecule has 1 aliphatic rings. The topological polar surface area (TPSA) is 96.0 Å². The Morgan fingerprint density at radius 2 is 1.70 bits per heavy atom. The van der Waals surface area contributed by atoms with Crippen molar-refractivity contribution in [3.63, 3.8) is 0 Å². The van der Waals surface area contributed by atoms with Crippen LogP contribution in [0.25, 0.3) is 0 Å². The third-order valence-corrected chi connectivity index (χ3v) is 8.06. The van der Waals surface area contributed by atoms with E-state index in [1.54, 1.807) is 30.3 Å². The van der Waals surface area contributed by atoms with Crippen LogP contribution >= 0.6 is 23.2 Å². The maximum atomic E-state index is 13.8. The van der Waals surface area contributed by atoms with Gasteiger partial charge in [-0.1, -0.05) is 55.1 Å². The van der Waals surface area contributed by atoms with E-state index in [1.165, 1.54) is 24.1 Å². The highest BCUT2D eigenvalue weighted by Crippen LogP contribution is 2.33. The molecule has 0 unspecified atom stereocenters. The highest BCUT2D eigenvalue weighted by Gasteiger charge is 2.33. The van der Waals surface area contributed by atoms with Crippen molar-refractivity contribution >= 4 is 50.7 Å². The Labute approximate surface area is 228 Å². The smallest absolute Gasteiger partial charge is 0.244 e. The second-order valence-corrected chi connectivity index (χ2v) is 11.9. The molecule has 2 aromatic rings. The van der Waals surface area contributed by atoms with Gasteiger partial charge in [0.15, 0.2) is 0 Å². The molecule has 11 heteroatoms. The fraction of sp³-hybridized carbons (Fsp3) is 0.462. The molecule has 2 aromatic carbocycles. The van der Waals surface area contributed by atoms with E-state index in [1.807, 2.05) is 6.92 Å². The van der Waals surface area contributed by atoms with Gasteiger partial charge in [-0.15, -0.1) is 0 Å². The van der Waals surface area contributed by atoms with E-state index in [-0.39, 0.29) is 35.0 Å². The lowest BCUT2D eigenvalue weighted by Crippen LogP contribution is -2.53. The Kier molecular flexibility index (Phi) is 10.1. The monoisotopic (exact) mass is 569 g/mol. The van der Waals surface area contributed by atoms with Crippen LogP contribution in [0, 0.1) is 0 Å². The van der Waals surface area contributed by atoms with Gasteiger partial charge < -0.3 is 15.0 Å². The summed E-state index contributed by atoms with van der Waals surface area (Å²) in [7, 11) is -2.51. The summed E-state index contributed by atoms with van der Waals surface area (Å²) in [6.07, 6.45) is 5.29. The molecule has 0 aromatic heterocycles. The molecular weight excluding hydrogens is 537 g/mol. The number of rotatable bonds is 11. The van der Waals surface area contributed by atoms with Gasteiger partial charge in [-0.2, -0.15) is 0 Å². The summed E-state index contributed by atoms with van der Waals surface area (Å²) in [5.41, 5.74) is 0.900. The molecule has 1 atom stereocenters. The van der Waals surface area contributed by atoms with Gasteiger partial charge in [0.25, 0.3) is 0 Å². The number of carbonyl (C=O) groups excluding carboxylic acids is 2. The van der Waals surface area contributed by atoms with Crippen LogP contribution in [0.1, 0.15) is 44.6 Å². The van der Waals surface area contributed by atoms with Gasteiger partial charge in [-0.3, -0.25) is 13.9 Å². The number of anilines is 1. The van der Waals surface area contributed by atoms with Gasteiger partial charge in [-0.25, -0.2) is 8.42 Å². The van der Waals surface area contributed by atoms with Crippen molar-refractivity contribution in [2.45, 2.75) is 57.7 Å². The summed E-state index contributed by atoms with van der Waals surface area (Å²) in [6, 6.07) is 10.8. The number of methoxy groups -OCH3 is 1. The fourth-order valence-electron chi connectivity index (χ4n) is 4.53.